The summed E-state index contributed by atoms with van der Waals surface area (Å²) in [4.78, 5) is 4.78. The molecule has 4 nitrogen and oxygen atoms in total. The first-order chi connectivity index (χ1) is 14.1. The summed E-state index contributed by atoms with van der Waals surface area (Å²) in [7, 11) is 0. The van der Waals surface area contributed by atoms with Crippen LogP contribution < -0.4 is 5.32 Å². The van der Waals surface area contributed by atoms with Crippen LogP contribution in [-0.2, 0) is 13.0 Å². The maximum absolute atomic E-state index is 8.92. The molecule has 4 aromatic rings. The Morgan fingerprint density at radius 1 is 1.07 bits per heavy atom. The number of nitriles is 1. The van der Waals surface area contributed by atoms with Crippen molar-refractivity contribution in [3.63, 3.8) is 0 Å². The van der Waals surface area contributed by atoms with Crippen LogP contribution in [-0.4, -0.2) is 9.55 Å². The molecule has 2 heterocycles. The van der Waals surface area contributed by atoms with Gasteiger partial charge in [-0.15, -0.1) is 11.3 Å². The molecular weight excluding hydrogens is 376 g/mol. The van der Waals surface area contributed by atoms with Gasteiger partial charge in [0, 0.05) is 34.6 Å². The zero-order valence-corrected chi connectivity index (χ0v) is 17.3. The summed E-state index contributed by atoms with van der Waals surface area (Å²) in [5, 5.41) is 15.2. The van der Waals surface area contributed by atoms with E-state index in [-0.39, 0.29) is 0 Å². The molecular formula is C24H22N4S. The van der Waals surface area contributed by atoms with E-state index >= 15 is 0 Å². The number of rotatable bonds is 6. The van der Waals surface area contributed by atoms with Gasteiger partial charge in [-0.2, -0.15) is 5.26 Å². The first-order valence-electron chi connectivity index (χ1n) is 9.58. The van der Waals surface area contributed by atoms with E-state index < -0.39 is 0 Å². The second-order valence-corrected chi connectivity index (χ2v) is 7.88. The Labute approximate surface area is 175 Å². The summed E-state index contributed by atoms with van der Waals surface area (Å²) in [6, 6.07) is 22.4. The van der Waals surface area contributed by atoms with Crippen molar-refractivity contribution >= 4 is 22.2 Å². The Hall–Kier alpha value is -3.36. The number of benzene rings is 2. The van der Waals surface area contributed by atoms with Crippen LogP contribution in [0.25, 0.3) is 11.3 Å². The molecule has 2 aromatic carbocycles. The predicted molar refractivity (Wildman–Crippen MR) is 120 cm³/mol. The fourth-order valence-corrected chi connectivity index (χ4v) is 4.23. The molecule has 0 bridgehead atoms. The monoisotopic (exact) mass is 398 g/mol. The molecule has 0 aliphatic rings. The second-order valence-electron chi connectivity index (χ2n) is 7.02. The van der Waals surface area contributed by atoms with E-state index in [0.717, 1.165) is 29.5 Å². The SMILES string of the molecule is Cc1cc(-c2csc(Nc3ccc(C#N)cc3)n2)c(C)n1CCc1ccccc1. The third-order valence-electron chi connectivity index (χ3n) is 5.09. The van der Waals surface area contributed by atoms with Crippen molar-refractivity contribution in [2.75, 3.05) is 5.32 Å². The molecule has 1 N–H and O–H groups in total. The van der Waals surface area contributed by atoms with Crippen molar-refractivity contribution in [2.24, 2.45) is 0 Å². The van der Waals surface area contributed by atoms with E-state index in [0.29, 0.717) is 5.56 Å². The lowest BCUT2D eigenvalue weighted by atomic mass is 10.1. The Kier molecular flexibility index (Phi) is 5.46. The highest BCUT2D eigenvalue weighted by Gasteiger charge is 2.14. The van der Waals surface area contributed by atoms with Crippen molar-refractivity contribution in [3.05, 3.63) is 88.6 Å². The molecule has 2 aromatic heterocycles. The van der Waals surface area contributed by atoms with Gasteiger partial charge in [-0.05, 0) is 56.2 Å². The lowest BCUT2D eigenvalue weighted by Crippen LogP contribution is -2.05. The van der Waals surface area contributed by atoms with Gasteiger partial charge in [0.1, 0.15) is 0 Å². The molecule has 0 saturated heterocycles. The van der Waals surface area contributed by atoms with Gasteiger partial charge in [0.15, 0.2) is 5.13 Å². The van der Waals surface area contributed by atoms with Crippen LogP contribution in [0.2, 0.25) is 0 Å². The third kappa shape index (κ3) is 4.23. The fourth-order valence-electron chi connectivity index (χ4n) is 3.50. The highest BCUT2D eigenvalue weighted by atomic mass is 32.1. The molecule has 4 rings (SSSR count). The van der Waals surface area contributed by atoms with Gasteiger partial charge < -0.3 is 9.88 Å². The van der Waals surface area contributed by atoms with Crippen molar-refractivity contribution in [1.82, 2.24) is 9.55 Å². The van der Waals surface area contributed by atoms with Gasteiger partial charge in [0.25, 0.3) is 0 Å². The van der Waals surface area contributed by atoms with Gasteiger partial charge in [-0.3, -0.25) is 0 Å². The molecule has 0 radical (unpaired) electrons. The first kappa shape index (κ1) is 19.0. The molecule has 0 saturated carbocycles. The van der Waals surface area contributed by atoms with Gasteiger partial charge >= 0.3 is 0 Å². The third-order valence-corrected chi connectivity index (χ3v) is 5.84. The Balaban J connectivity index is 1.51. The minimum absolute atomic E-state index is 0.651. The molecule has 0 amide bonds. The highest BCUT2D eigenvalue weighted by Crippen LogP contribution is 2.31. The number of hydrogen-bond acceptors (Lipinski definition) is 4. The summed E-state index contributed by atoms with van der Waals surface area (Å²) in [6.07, 6.45) is 1.01. The lowest BCUT2D eigenvalue weighted by molar-refractivity contribution is 0.664. The molecule has 144 valence electrons. The summed E-state index contributed by atoms with van der Waals surface area (Å²) in [6.45, 7) is 5.28. The fraction of sp³-hybridized carbons (Fsp3) is 0.167. The molecule has 5 heteroatoms. The second kappa shape index (κ2) is 8.34. The maximum Gasteiger partial charge on any atom is 0.187 e. The van der Waals surface area contributed by atoms with Crippen molar-refractivity contribution < 1.29 is 0 Å². The summed E-state index contributed by atoms with van der Waals surface area (Å²) < 4.78 is 2.37. The average Bonchev–Trinajstić information content (AvgIpc) is 3.32. The largest absolute Gasteiger partial charge is 0.348 e. The number of hydrogen-bond donors (Lipinski definition) is 1. The van der Waals surface area contributed by atoms with Crippen molar-refractivity contribution in [2.45, 2.75) is 26.8 Å². The molecule has 0 aliphatic carbocycles. The van der Waals surface area contributed by atoms with Gasteiger partial charge in [0.2, 0.25) is 0 Å². The van der Waals surface area contributed by atoms with Crippen LogP contribution in [0.3, 0.4) is 0 Å². The first-order valence-corrected chi connectivity index (χ1v) is 10.5. The van der Waals surface area contributed by atoms with E-state index in [1.165, 1.54) is 22.5 Å². The normalized spacial score (nSPS) is 10.7. The van der Waals surface area contributed by atoms with E-state index in [4.69, 9.17) is 10.2 Å². The predicted octanol–water partition coefficient (Wildman–Crippen LogP) is 6.09. The van der Waals surface area contributed by atoms with Gasteiger partial charge in [-0.1, -0.05) is 30.3 Å². The molecule has 0 spiro atoms. The number of aromatic nitrogens is 2. The zero-order valence-electron chi connectivity index (χ0n) is 16.5. The number of nitrogens with zero attached hydrogens (tertiary/aromatic N) is 3. The molecule has 0 fully saturated rings. The topological polar surface area (TPSA) is 53.6 Å². The minimum Gasteiger partial charge on any atom is -0.348 e. The number of aryl methyl sites for hydroxylation is 2. The number of anilines is 2. The Morgan fingerprint density at radius 3 is 2.55 bits per heavy atom. The van der Waals surface area contributed by atoms with Crippen LogP contribution >= 0.6 is 11.3 Å². The van der Waals surface area contributed by atoms with Crippen LogP contribution in [0.15, 0.2) is 66.0 Å². The summed E-state index contributed by atoms with van der Waals surface area (Å²) in [5.74, 6) is 0. The molecule has 0 atom stereocenters. The molecule has 29 heavy (non-hydrogen) atoms. The van der Waals surface area contributed by atoms with Crippen molar-refractivity contribution in [1.29, 1.82) is 5.26 Å². The van der Waals surface area contributed by atoms with Crippen LogP contribution in [0.1, 0.15) is 22.5 Å². The Bertz CT molecular complexity index is 1150. The average molecular weight is 399 g/mol. The minimum atomic E-state index is 0.651. The standard InChI is InChI=1S/C24H22N4S/c1-17-14-22(18(2)28(17)13-12-19-6-4-3-5-7-19)23-16-29-24(27-23)26-21-10-8-20(15-25)9-11-21/h3-11,14,16H,12-13H2,1-2H3,(H,26,27). The summed E-state index contributed by atoms with van der Waals surface area (Å²) in [5.41, 5.74) is 7.60. The summed E-state index contributed by atoms with van der Waals surface area (Å²) >= 11 is 1.59. The van der Waals surface area contributed by atoms with E-state index in [9.17, 15) is 0 Å². The highest BCUT2D eigenvalue weighted by molar-refractivity contribution is 7.14. The van der Waals surface area contributed by atoms with E-state index in [1.807, 2.05) is 12.1 Å². The quantitative estimate of drug-likeness (QED) is 0.428. The van der Waals surface area contributed by atoms with Gasteiger partial charge in [-0.25, -0.2) is 4.98 Å². The van der Waals surface area contributed by atoms with Crippen molar-refractivity contribution in [3.8, 4) is 17.3 Å². The van der Waals surface area contributed by atoms with Crippen LogP contribution in [0, 0.1) is 25.2 Å². The molecule has 0 unspecified atom stereocenters. The van der Waals surface area contributed by atoms with E-state index in [1.54, 1.807) is 23.5 Å². The zero-order chi connectivity index (χ0) is 20.2. The lowest BCUT2D eigenvalue weighted by Gasteiger charge is -2.09. The van der Waals surface area contributed by atoms with E-state index in [2.05, 4.69) is 71.6 Å². The Morgan fingerprint density at radius 2 is 1.83 bits per heavy atom. The molecule has 0 aliphatic heterocycles. The maximum atomic E-state index is 8.92. The number of nitrogens with one attached hydrogen (secondary N) is 1. The van der Waals surface area contributed by atoms with Gasteiger partial charge in [0.05, 0.1) is 17.3 Å². The van der Waals surface area contributed by atoms with Crippen LogP contribution in [0.4, 0.5) is 10.8 Å². The number of thiazole rings is 1. The smallest absolute Gasteiger partial charge is 0.187 e. The van der Waals surface area contributed by atoms with Crippen LogP contribution in [0.5, 0.6) is 0 Å².